The molecule has 1 unspecified atom stereocenters. The molecule has 1 aliphatic rings. The Hall–Kier alpha value is -4.13. The molecule has 1 atom stereocenters. The molecular formula is C30H32N4O3. The van der Waals surface area contributed by atoms with Crippen molar-refractivity contribution in [3.8, 4) is 16.9 Å². The number of para-hydroxylation sites is 1. The highest BCUT2D eigenvalue weighted by atomic mass is 16.7. The number of amidine groups is 1. The third kappa shape index (κ3) is 5.07. The van der Waals surface area contributed by atoms with E-state index in [1.54, 1.807) is 6.07 Å². The van der Waals surface area contributed by atoms with Gasteiger partial charge >= 0.3 is 6.16 Å². The monoisotopic (exact) mass is 496 g/mol. The molecule has 3 aromatic carbocycles. The van der Waals surface area contributed by atoms with Crippen LogP contribution in [0.15, 0.2) is 65.7 Å². The summed E-state index contributed by atoms with van der Waals surface area (Å²) in [5.74, 6) is 2.52. The van der Waals surface area contributed by atoms with Crippen molar-refractivity contribution in [3.63, 3.8) is 0 Å². The van der Waals surface area contributed by atoms with E-state index < -0.39 is 6.16 Å². The van der Waals surface area contributed by atoms with Gasteiger partial charge in [-0.05, 0) is 55.2 Å². The number of aromatic nitrogens is 2. The molecule has 0 saturated heterocycles. The molecule has 0 saturated carbocycles. The summed E-state index contributed by atoms with van der Waals surface area (Å²) in [4.78, 5) is 21.5. The van der Waals surface area contributed by atoms with Crippen molar-refractivity contribution in [2.75, 3.05) is 13.7 Å². The molecule has 0 bridgehead atoms. The zero-order valence-electron chi connectivity index (χ0n) is 21.7. The lowest BCUT2D eigenvalue weighted by Gasteiger charge is -2.12. The highest BCUT2D eigenvalue weighted by Gasteiger charge is 2.19. The van der Waals surface area contributed by atoms with Crippen LogP contribution in [-0.4, -0.2) is 41.2 Å². The van der Waals surface area contributed by atoms with E-state index in [-0.39, 0.29) is 6.04 Å². The van der Waals surface area contributed by atoms with Crippen LogP contribution in [0.2, 0.25) is 0 Å². The number of hydrogen-bond donors (Lipinski definition) is 1. The van der Waals surface area contributed by atoms with Gasteiger partial charge in [0.25, 0.3) is 0 Å². The summed E-state index contributed by atoms with van der Waals surface area (Å²) in [5, 5.41) is 3.44. The van der Waals surface area contributed by atoms with Crippen molar-refractivity contribution in [1.29, 1.82) is 0 Å². The first-order chi connectivity index (χ1) is 18.0. The topological polar surface area (TPSA) is 77.7 Å². The Kier molecular flexibility index (Phi) is 6.95. The Morgan fingerprint density at radius 1 is 1.11 bits per heavy atom. The van der Waals surface area contributed by atoms with Crippen LogP contribution in [0.3, 0.4) is 0 Å². The molecule has 0 fully saturated rings. The second kappa shape index (κ2) is 10.5. The van der Waals surface area contributed by atoms with Gasteiger partial charge in [0.05, 0.1) is 24.2 Å². The Balaban J connectivity index is 1.49. The lowest BCUT2D eigenvalue weighted by molar-refractivity contribution is 0.121. The van der Waals surface area contributed by atoms with Gasteiger partial charge in [-0.15, -0.1) is 0 Å². The van der Waals surface area contributed by atoms with Crippen molar-refractivity contribution >= 4 is 23.0 Å². The van der Waals surface area contributed by atoms with Crippen molar-refractivity contribution in [1.82, 2.24) is 14.9 Å². The van der Waals surface area contributed by atoms with Crippen molar-refractivity contribution in [3.05, 3.63) is 83.2 Å². The fourth-order valence-corrected chi connectivity index (χ4v) is 4.80. The first-order valence-corrected chi connectivity index (χ1v) is 12.7. The standard InChI is InChI=1S/C30H32N4O3/c1-5-8-27-33-28-19(2)15-23(29-31-17-20(3)32-29)16-25(28)34(27)18-21-11-13-22(14-12-21)24-9-6-7-10-26(24)37-30(35)36-4/h6-7,9-16,20H,5,8,17-18H2,1-4H3,(H,31,32). The average molecular weight is 497 g/mol. The highest BCUT2D eigenvalue weighted by molar-refractivity contribution is 6.03. The molecule has 1 N–H and O–H groups in total. The lowest BCUT2D eigenvalue weighted by atomic mass is 10.0. The number of imidazole rings is 1. The van der Waals surface area contributed by atoms with Gasteiger partial charge in [-0.3, -0.25) is 4.99 Å². The fourth-order valence-electron chi connectivity index (χ4n) is 4.80. The normalized spacial score (nSPS) is 14.9. The number of nitrogens with one attached hydrogen (secondary N) is 1. The van der Waals surface area contributed by atoms with E-state index in [0.29, 0.717) is 12.3 Å². The number of ether oxygens (including phenoxy) is 2. The summed E-state index contributed by atoms with van der Waals surface area (Å²) < 4.78 is 12.3. The maximum atomic E-state index is 11.7. The predicted molar refractivity (Wildman–Crippen MR) is 146 cm³/mol. The number of fused-ring (bicyclic) bond motifs is 1. The Bertz CT molecular complexity index is 1470. The van der Waals surface area contributed by atoms with Crippen LogP contribution in [0.1, 0.15) is 42.8 Å². The second-order valence-corrected chi connectivity index (χ2v) is 9.48. The predicted octanol–water partition coefficient (Wildman–Crippen LogP) is 5.90. The molecule has 0 aliphatic carbocycles. The van der Waals surface area contributed by atoms with Gasteiger partial charge in [-0.1, -0.05) is 49.4 Å². The van der Waals surface area contributed by atoms with Crippen LogP contribution in [0.4, 0.5) is 4.79 Å². The van der Waals surface area contributed by atoms with Gasteiger partial charge in [0.1, 0.15) is 17.4 Å². The number of aliphatic imine (C=N–C) groups is 1. The fraction of sp³-hybridized carbons (Fsp3) is 0.300. The third-order valence-electron chi connectivity index (χ3n) is 6.64. The van der Waals surface area contributed by atoms with E-state index in [2.05, 4.69) is 71.8 Å². The summed E-state index contributed by atoms with van der Waals surface area (Å²) in [5.41, 5.74) is 7.40. The quantitative estimate of drug-likeness (QED) is 0.255. The SMILES string of the molecule is CCCc1nc2c(C)cc(C3=NC(C)CN3)cc2n1Cc1ccc(-c2ccccc2OC(=O)OC)cc1. The molecule has 4 aromatic rings. The first kappa shape index (κ1) is 24.6. The van der Waals surface area contributed by atoms with Gasteiger partial charge < -0.3 is 19.4 Å². The van der Waals surface area contributed by atoms with Gasteiger partial charge in [0.2, 0.25) is 0 Å². The molecule has 7 heteroatoms. The van der Waals surface area contributed by atoms with Crippen molar-refractivity contribution < 1.29 is 14.3 Å². The summed E-state index contributed by atoms with van der Waals surface area (Å²) in [6.45, 7) is 8.01. The van der Waals surface area contributed by atoms with E-state index in [9.17, 15) is 4.79 Å². The average Bonchev–Trinajstić information content (AvgIpc) is 3.49. The minimum atomic E-state index is -0.734. The Morgan fingerprint density at radius 2 is 1.89 bits per heavy atom. The summed E-state index contributed by atoms with van der Waals surface area (Å²) in [6.07, 6.45) is 1.20. The first-order valence-electron chi connectivity index (χ1n) is 12.7. The summed E-state index contributed by atoms with van der Waals surface area (Å²) in [7, 11) is 1.30. The third-order valence-corrected chi connectivity index (χ3v) is 6.64. The molecule has 190 valence electrons. The lowest BCUT2D eigenvalue weighted by Crippen LogP contribution is -2.21. The number of aryl methyl sites for hydroxylation is 2. The molecule has 5 rings (SSSR count). The maximum Gasteiger partial charge on any atom is 0.513 e. The smallest absolute Gasteiger partial charge is 0.437 e. The Labute approximate surface area is 217 Å². The second-order valence-electron chi connectivity index (χ2n) is 9.48. The molecular weight excluding hydrogens is 464 g/mol. The van der Waals surface area contributed by atoms with Crippen LogP contribution in [0, 0.1) is 6.92 Å². The van der Waals surface area contributed by atoms with Crippen LogP contribution in [0.5, 0.6) is 5.75 Å². The molecule has 1 aliphatic heterocycles. The largest absolute Gasteiger partial charge is 0.513 e. The van der Waals surface area contributed by atoms with E-state index in [1.165, 1.54) is 12.7 Å². The van der Waals surface area contributed by atoms with Crippen LogP contribution < -0.4 is 10.1 Å². The van der Waals surface area contributed by atoms with Gasteiger partial charge in [-0.25, -0.2) is 9.78 Å². The number of rotatable bonds is 7. The molecule has 0 spiro atoms. The van der Waals surface area contributed by atoms with Crippen molar-refractivity contribution in [2.45, 2.75) is 46.2 Å². The molecule has 7 nitrogen and oxygen atoms in total. The van der Waals surface area contributed by atoms with E-state index in [4.69, 9.17) is 14.7 Å². The molecule has 2 heterocycles. The molecule has 0 radical (unpaired) electrons. The molecule has 37 heavy (non-hydrogen) atoms. The number of benzene rings is 3. The van der Waals surface area contributed by atoms with Crippen LogP contribution >= 0.6 is 0 Å². The minimum absolute atomic E-state index is 0.285. The Morgan fingerprint density at radius 3 is 2.59 bits per heavy atom. The van der Waals surface area contributed by atoms with Gasteiger partial charge in [0.15, 0.2) is 0 Å². The summed E-state index contributed by atoms with van der Waals surface area (Å²) >= 11 is 0. The maximum absolute atomic E-state index is 11.7. The van der Waals surface area contributed by atoms with Crippen LogP contribution in [-0.2, 0) is 17.7 Å². The number of hydrogen-bond acceptors (Lipinski definition) is 6. The van der Waals surface area contributed by atoms with E-state index in [1.807, 2.05) is 18.2 Å². The minimum Gasteiger partial charge on any atom is -0.437 e. The van der Waals surface area contributed by atoms with Gasteiger partial charge in [0, 0.05) is 30.6 Å². The molecule has 1 aromatic heterocycles. The number of carbonyl (C=O) groups is 1. The number of nitrogens with zero attached hydrogens (tertiary/aromatic N) is 3. The number of carbonyl (C=O) groups excluding carboxylic acids is 1. The van der Waals surface area contributed by atoms with Crippen molar-refractivity contribution in [2.24, 2.45) is 4.99 Å². The molecule has 0 amide bonds. The summed E-state index contributed by atoms with van der Waals surface area (Å²) in [6, 6.07) is 20.5. The van der Waals surface area contributed by atoms with Crippen LogP contribution in [0.25, 0.3) is 22.2 Å². The highest BCUT2D eigenvalue weighted by Crippen LogP contribution is 2.31. The van der Waals surface area contributed by atoms with E-state index in [0.717, 1.165) is 64.3 Å². The van der Waals surface area contributed by atoms with Gasteiger partial charge in [-0.2, -0.15) is 0 Å². The zero-order chi connectivity index (χ0) is 25.9. The number of methoxy groups -OCH3 is 1. The van der Waals surface area contributed by atoms with E-state index >= 15 is 0 Å². The zero-order valence-corrected chi connectivity index (χ0v) is 21.7.